The van der Waals surface area contributed by atoms with Crippen LogP contribution in [0, 0.1) is 0 Å². The van der Waals surface area contributed by atoms with Crippen molar-refractivity contribution in [1.82, 2.24) is 0 Å². The molecule has 0 aliphatic carbocycles. The van der Waals surface area contributed by atoms with Gasteiger partial charge in [0, 0.05) is 29.6 Å². The van der Waals surface area contributed by atoms with Crippen LogP contribution in [-0.4, -0.2) is 42.6 Å². The van der Waals surface area contributed by atoms with E-state index in [1.807, 2.05) is 0 Å². The van der Waals surface area contributed by atoms with Crippen molar-refractivity contribution in [3.05, 3.63) is 0 Å². The second-order valence-electron chi connectivity index (χ2n) is 1.64. The third kappa shape index (κ3) is 10.0. The standard InChI is InChI=1S/C5H14N2.Na/c6-4-2-1-3-5-7;/h1-7H2;. The number of unbranched alkanes of at least 4 members (excludes halogenated alkanes) is 2. The van der Waals surface area contributed by atoms with Gasteiger partial charge in [-0.05, 0) is 25.9 Å². The average Bonchev–Trinajstić information content (AvgIpc) is 1.69. The van der Waals surface area contributed by atoms with Gasteiger partial charge in [0.05, 0.1) is 0 Å². The first-order chi connectivity index (χ1) is 3.41. The van der Waals surface area contributed by atoms with Crippen molar-refractivity contribution in [2.75, 3.05) is 13.1 Å². The third-order valence-corrected chi connectivity index (χ3v) is 0.908. The fourth-order valence-electron chi connectivity index (χ4n) is 0.465. The molecule has 0 aliphatic rings. The summed E-state index contributed by atoms with van der Waals surface area (Å²) in [5.41, 5.74) is 10.5. The van der Waals surface area contributed by atoms with Crippen LogP contribution >= 0.6 is 0 Å². The molecule has 0 spiro atoms. The summed E-state index contributed by atoms with van der Waals surface area (Å²) in [6, 6.07) is 0. The molecule has 4 N–H and O–H groups in total. The molecule has 45 valence electrons. The Kier molecular flexibility index (Phi) is 15.8. The maximum absolute atomic E-state index is 5.23. The van der Waals surface area contributed by atoms with E-state index in [2.05, 4.69) is 0 Å². The van der Waals surface area contributed by atoms with Gasteiger partial charge in [-0.25, -0.2) is 0 Å². The Bertz CT molecular complexity index is 29.6. The van der Waals surface area contributed by atoms with E-state index in [0.29, 0.717) is 0 Å². The fourth-order valence-corrected chi connectivity index (χ4v) is 0.465. The van der Waals surface area contributed by atoms with E-state index >= 15 is 0 Å². The Hall–Kier alpha value is 0.920. The molecule has 0 rings (SSSR count). The summed E-state index contributed by atoms with van der Waals surface area (Å²) in [6.45, 7) is 1.61. The van der Waals surface area contributed by atoms with Crippen molar-refractivity contribution < 1.29 is 0 Å². The molecular formula is C5H14N2Na. The van der Waals surface area contributed by atoms with E-state index in [1.165, 1.54) is 6.42 Å². The van der Waals surface area contributed by atoms with Gasteiger partial charge in [-0.2, -0.15) is 0 Å². The van der Waals surface area contributed by atoms with Crippen LogP contribution in [0.25, 0.3) is 0 Å². The average molecular weight is 125 g/mol. The molecule has 0 aromatic heterocycles. The van der Waals surface area contributed by atoms with Crippen molar-refractivity contribution in [2.45, 2.75) is 19.3 Å². The Morgan fingerprint density at radius 3 is 1.38 bits per heavy atom. The maximum atomic E-state index is 5.23. The molecule has 0 saturated carbocycles. The molecule has 0 unspecified atom stereocenters. The summed E-state index contributed by atoms with van der Waals surface area (Å²) >= 11 is 0. The molecule has 1 radical (unpaired) electrons. The van der Waals surface area contributed by atoms with Gasteiger partial charge in [0.2, 0.25) is 0 Å². The van der Waals surface area contributed by atoms with Crippen LogP contribution in [0.3, 0.4) is 0 Å². The van der Waals surface area contributed by atoms with Crippen molar-refractivity contribution in [2.24, 2.45) is 11.5 Å². The first-order valence-corrected chi connectivity index (χ1v) is 2.82. The molecule has 3 heteroatoms. The summed E-state index contributed by atoms with van der Waals surface area (Å²) in [4.78, 5) is 0. The van der Waals surface area contributed by atoms with Gasteiger partial charge in [0.15, 0.2) is 0 Å². The third-order valence-electron chi connectivity index (χ3n) is 0.908. The predicted molar refractivity (Wildman–Crippen MR) is 37.7 cm³/mol. The molecule has 0 amide bonds. The predicted octanol–water partition coefficient (Wildman–Crippen LogP) is -0.307. The minimum Gasteiger partial charge on any atom is -0.330 e. The monoisotopic (exact) mass is 125 g/mol. The Labute approximate surface area is 73.3 Å². The SMILES string of the molecule is NCCCCCN.[Na]. The first-order valence-electron chi connectivity index (χ1n) is 2.82. The van der Waals surface area contributed by atoms with Crippen LogP contribution in [0.1, 0.15) is 19.3 Å². The molecule has 0 heterocycles. The van der Waals surface area contributed by atoms with Crippen LogP contribution < -0.4 is 11.5 Å². The van der Waals surface area contributed by atoms with Crippen LogP contribution in [0.4, 0.5) is 0 Å². The molecule has 0 aromatic rings. The van der Waals surface area contributed by atoms with Gasteiger partial charge in [0.25, 0.3) is 0 Å². The van der Waals surface area contributed by atoms with E-state index in [0.717, 1.165) is 25.9 Å². The van der Waals surface area contributed by atoms with Crippen molar-refractivity contribution in [3.63, 3.8) is 0 Å². The van der Waals surface area contributed by atoms with Crippen LogP contribution in [0.2, 0.25) is 0 Å². The second kappa shape index (κ2) is 10.8. The van der Waals surface area contributed by atoms with E-state index in [9.17, 15) is 0 Å². The normalized spacial score (nSPS) is 8.25. The largest absolute Gasteiger partial charge is 0.330 e. The Balaban J connectivity index is 0. The first kappa shape index (κ1) is 11.7. The molecule has 0 aliphatic heterocycles. The topological polar surface area (TPSA) is 52.0 Å². The van der Waals surface area contributed by atoms with Crippen molar-refractivity contribution >= 4 is 29.6 Å². The Morgan fingerprint density at radius 1 is 0.750 bits per heavy atom. The van der Waals surface area contributed by atoms with Gasteiger partial charge in [-0.1, -0.05) is 6.42 Å². The molecule has 0 fully saturated rings. The minimum atomic E-state index is 0. The summed E-state index contributed by atoms with van der Waals surface area (Å²) in [7, 11) is 0. The molecule has 2 nitrogen and oxygen atoms in total. The van der Waals surface area contributed by atoms with Gasteiger partial charge >= 0.3 is 0 Å². The number of nitrogens with two attached hydrogens (primary N) is 2. The Morgan fingerprint density at radius 2 is 1.12 bits per heavy atom. The molecular weight excluding hydrogens is 111 g/mol. The van der Waals surface area contributed by atoms with E-state index in [4.69, 9.17) is 11.5 Å². The number of rotatable bonds is 4. The quantitative estimate of drug-likeness (QED) is 0.400. The van der Waals surface area contributed by atoms with Crippen LogP contribution in [0.15, 0.2) is 0 Å². The summed E-state index contributed by atoms with van der Waals surface area (Å²) < 4.78 is 0. The number of hydrogen-bond acceptors (Lipinski definition) is 2. The van der Waals surface area contributed by atoms with Gasteiger partial charge in [0.1, 0.15) is 0 Å². The minimum absolute atomic E-state index is 0. The van der Waals surface area contributed by atoms with Gasteiger partial charge in [-0.15, -0.1) is 0 Å². The molecule has 0 aromatic carbocycles. The zero-order valence-corrected chi connectivity index (χ0v) is 7.69. The zero-order chi connectivity index (χ0) is 5.54. The second-order valence-corrected chi connectivity index (χ2v) is 1.64. The van der Waals surface area contributed by atoms with E-state index in [-0.39, 0.29) is 29.6 Å². The molecule has 0 atom stereocenters. The van der Waals surface area contributed by atoms with Gasteiger partial charge in [-0.3, -0.25) is 0 Å². The van der Waals surface area contributed by atoms with Crippen LogP contribution in [0.5, 0.6) is 0 Å². The zero-order valence-electron chi connectivity index (χ0n) is 5.69. The van der Waals surface area contributed by atoms with Gasteiger partial charge < -0.3 is 11.5 Å². The summed E-state index contributed by atoms with van der Waals surface area (Å²) in [6.07, 6.45) is 3.43. The molecule has 0 bridgehead atoms. The molecule has 0 saturated heterocycles. The van der Waals surface area contributed by atoms with Crippen molar-refractivity contribution in [3.8, 4) is 0 Å². The van der Waals surface area contributed by atoms with E-state index < -0.39 is 0 Å². The summed E-state index contributed by atoms with van der Waals surface area (Å²) in [5, 5.41) is 0. The summed E-state index contributed by atoms with van der Waals surface area (Å²) in [5.74, 6) is 0. The van der Waals surface area contributed by atoms with Crippen LogP contribution in [-0.2, 0) is 0 Å². The van der Waals surface area contributed by atoms with E-state index in [1.54, 1.807) is 0 Å². The smallest absolute Gasteiger partial charge is 0 e. The fraction of sp³-hybridized carbons (Fsp3) is 1.00. The maximum Gasteiger partial charge on any atom is 0 e. The molecule has 8 heavy (non-hydrogen) atoms. The van der Waals surface area contributed by atoms with Crippen molar-refractivity contribution in [1.29, 1.82) is 0 Å². The number of hydrogen-bond donors (Lipinski definition) is 2.